The van der Waals surface area contributed by atoms with E-state index in [1.807, 2.05) is 36.5 Å². The van der Waals surface area contributed by atoms with Gasteiger partial charge in [-0.1, -0.05) is 12.1 Å². The van der Waals surface area contributed by atoms with E-state index in [-0.39, 0.29) is 11.3 Å². The number of pyridine rings is 1. The van der Waals surface area contributed by atoms with Crippen molar-refractivity contribution in [3.05, 3.63) is 77.4 Å². The number of nitrogens with zero attached hydrogens (tertiary/aromatic N) is 3. The van der Waals surface area contributed by atoms with Gasteiger partial charge in [-0.25, -0.2) is 14.1 Å². The number of fused-ring (bicyclic) bond motifs is 1. The maximum absolute atomic E-state index is 14.1. The van der Waals surface area contributed by atoms with E-state index in [2.05, 4.69) is 10.1 Å². The number of halogens is 1. The molecule has 0 amide bonds. The van der Waals surface area contributed by atoms with E-state index in [4.69, 9.17) is 4.74 Å². The standard InChI is InChI=1S/C21H17FN3O2/c1-13-16(12-14-4-6-15(7-5-14)25-11-3-10-23-25)21(27-2)24-20-17(22)8-9-18(26)19(13)20/h3-11H,12H2,1-2H3. The van der Waals surface area contributed by atoms with E-state index >= 15 is 0 Å². The third kappa shape index (κ3) is 2.99. The average Bonchev–Trinajstić information content (AvgIpc) is 3.21. The summed E-state index contributed by atoms with van der Waals surface area (Å²) >= 11 is 0. The van der Waals surface area contributed by atoms with Crippen LogP contribution in [0.5, 0.6) is 11.6 Å². The van der Waals surface area contributed by atoms with Gasteiger partial charge in [0, 0.05) is 24.4 Å². The van der Waals surface area contributed by atoms with Crippen LogP contribution in [0.25, 0.3) is 16.6 Å². The zero-order valence-electron chi connectivity index (χ0n) is 14.9. The lowest BCUT2D eigenvalue weighted by atomic mass is 9.97. The second-order valence-electron chi connectivity index (χ2n) is 6.29. The second kappa shape index (κ2) is 6.72. The van der Waals surface area contributed by atoms with Gasteiger partial charge in [0.15, 0.2) is 5.75 Å². The highest BCUT2D eigenvalue weighted by molar-refractivity contribution is 5.90. The Balaban J connectivity index is 1.77. The molecule has 0 unspecified atom stereocenters. The molecule has 0 bridgehead atoms. The molecule has 6 heteroatoms. The molecular formula is C21H17FN3O2. The van der Waals surface area contributed by atoms with Crippen LogP contribution in [0, 0.1) is 12.7 Å². The molecule has 0 fully saturated rings. The fraction of sp³-hybridized carbons (Fsp3) is 0.143. The smallest absolute Gasteiger partial charge is 0.217 e. The van der Waals surface area contributed by atoms with Crippen LogP contribution in [0.4, 0.5) is 4.39 Å². The van der Waals surface area contributed by atoms with Crippen molar-refractivity contribution in [2.75, 3.05) is 7.11 Å². The summed E-state index contributed by atoms with van der Waals surface area (Å²) in [6.07, 6.45) is 4.12. The molecule has 4 aromatic rings. The molecule has 0 aliphatic rings. The minimum Gasteiger partial charge on any atom is -0.481 e. The molecule has 0 aliphatic heterocycles. The lowest BCUT2D eigenvalue weighted by molar-refractivity contribution is 0.359. The van der Waals surface area contributed by atoms with Crippen molar-refractivity contribution in [1.82, 2.24) is 14.8 Å². The number of hydrogen-bond acceptors (Lipinski definition) is 3. The van der Waals surface area contributed by atoms with Crippen LogP contribution in [0.2, 0.25) is 0 Å². The highest BCUT2D eigenvalue weighted by atomic mass is 19.1. The summed E-state index contributed by atoms with van der Waals surface area (Å²) in [7, 11) is 1.50. The molecule has 0 saturated carbocycles. The van der Waals surface area contributed by atoms with Crippen molar-refractivity contribution in [2.24, 2.45) is 0 Å². The van der Waals surface area contributed by atoms with E-state index in [0.717, 1.165) is 22.9 Å². The molecule has 0 atom stereocenters. The van der Waals surface area contributed by atoms with Gasteiger partial charge in [0.05, 0.1) is 18.2 Å². The highest BCUT2D eigenvalue weighted by Gasteiger charge is 2.19. The predicted octanol–water partition coefficient (Wildman–Crippen LogP) is 4.61. The minimum atomic E-state index is -0.527. The summed E-state index contributed by atoms with van der Waals surface area (Å²) in [5.41, 5.74) is 3.50. The van der Waals surface area contributed by atoms with E-state index in [9.17, 15) is 9.50 Å². The summed E-state index contributed by atoms with van der Waals surface area (Å²) in [4.78, 5) is 4.26. The quantitative estimate of drug-likeness (QED) is 0.533. The van der Waals surface area contributed by atoms with Gasteiger partial charge >= 0.3 is 0 Å². The van der Waals surface area contributed by atoms with Gasteiger partial charge in [0.2, 0.25) is 5.88 Å². The van der Waals surface area contributed by atoms with E-state index in [1.54, 1.807) is 17.8 Å². The van der Waals surface area contributed by atoms with Crippen molar-refractivity contribution in [2.45, 2.75) is 13.3 Å². The van der Waals surface area contributed by atoms with Gasteiger partial charge in [-0.2, -0.15) is 5.10 Å². The Labute approximate surface area is 155 Å². The van der Waals surface area contributed by atoms with Crippen LogP contribution in [0.3, 0.4) is 0 Å². The van der Waals surface area contributed by atoms with Gasteiger partial charge in [-0.05, 0) is 48.4 Å². The first-order chi connectivity index (χ1) is 13.1. The van der Waals surface area contributed by atoms with Crippen LogP contribution in [0.15, 0.2) is 54.9 Å². The molecule has 1 radical (unpaired) electrons. The third-order valence-electron chi connectivity index (χ3n) is 4.67. The molecule has 2 aromatic carbocycles. The van der Waals surface area contributed by atoms with Gasteiger partial charge in [-0.3, -0.25) is 5.11 Å². The van der Waals surface area contributed by atoms with Gasteiger partial charge in [0.25, 0.3) is 0 Å². The normalized spacial score (nSPS) is 11.1. The second-order valence-corrected chi connectivity index (χ2v) is 6.29. The summed E-state index contributed by atoms with van der Waals surface area (Å²) in [5, 5.41) is 16.8. The number of rotatable bonds is 4. The highest BCUT2D eigenvalue weighted by Crippen LogP contribution is 2.35. The Morgan fingerprint density at radius 2 is 1.93 bits per heavy atom. The molecule has 27 heavy (non-hydrogen) atoms. The van der Waals surface area contributed by atoms with E-state index in [0.29, 0.717) is 23.3 Å². The number of hydrogen-bond donors (Lipinski definition) is 0. The summed E-state index contributed by atoms with van der Waals surface area (Å²) in [6.45, 7) is 1.81. The van der Waals surface area contributed by atoms with Gasteiger partial charge in [0.1, 0.15) is 11.3 Å². The Hall–Kier alpha value is -3.41. The van der Waals surface area contributed by atoms with Crippen molar-refractivity contribution < 1.29 is 14.2 Å². The van der Waals surface area contributed by atoms with Crippen molar-refractivity contribution in [3.63, 3.8) is 0 Å². The minimum absolute atomic E-state index is 0.0506. The van der Waals surface area contributed by atoms with E-state index in [1.165, 1.54) is 13.2 Å². The topological polar surface area (TPSA) is 59.8 Å². The first kappa shape index (κ1) is 17.0. The number of aryl methyl sites for hydroxylation is 1. The van der Waals surface area contributed by atoms with Crippen molar-refractivity contribution in [3.8, 4) is 17.3 Å². The monoisotopic (exact) mass is 362 g/mol. The number of methoxy groups -OCH3 is 1. The Morgan fingerprint density at radius 3 is 2.59 bits per heavy atom. The molecule has 0 spiro atoms. The number of ether oxygens (including phenoxy) is 1. The average molecular weight is 362 g/mol. The summed E-state index contributed by atoms with van der Waals surface area (Å²) in [5.74, 6) is -0.434. The van der Waals surface area contributed by atoms with E-state index < -0.39 is 5.82 Å². The zero-order chi connectivity index (χ0) is 19.0. The van der Waals surface area contributed by atoms with Gasteiger partial charge < -0.3 is 4.74 Å². The molecule has 2 heterocycles. The summed E-state index contributed by atoms with van der Waals surface area (Å²) < 4.78 is 21.3. The predicted molar refractivity (Wildman–Crippen MR) is 99.5 cm³/mol. The molecule has 135 valence electrons. The van der Waals surface area contributed by atoms with Crippen molar-refractivity contribution in [1.29, 1.82) is 0 Å². The van der Waals surface area contributed by atoms with Crippen LogP contribution >= 0.6 is 0 Å². The Kier molecular flexibility index (Phi) is 4.24. The van der Waals surface area contributed by atoms with Crippen LogP contribution in [0.1, 0.15) is 16.7 Å². The zero-order valence-corrected chi connectivity index (χ0v) is 14.9. The Bertz CT molecular complexity index is 1110. The first-order valence-electron chi connectivity index (χ1n) is 8.50. The van der Waals surface area contributed by atoms with Crippen molar-refractivity contribution >= 4 is 10.9 Å². The molecule has 4 rings (SSSR count). The maximum atomic E-state index is 14.1. The van der Waals surface area contributed by atoms with Crippen LogP contribution < -0.4 is 4.74 Å². The fourth-order valence-electron chi connectivity index (χ4n) is 3.27. The molecule has 0 N–H and O–H groups in total. The van der Waals surface area contributed by atoms with Crippen LogP contribution in [-0.2, 0) is 11.5 Å². The molecular weight excluding hydrogens is 345 g/mol. The molecule has 0 aliphatic carbocycles. The number of aromatic nitrogens is 3. The first-order valence-corrected chi connectivity index (χ1v) is 8.50. The van der Waals surface area contributed by atoms with Crippen LogP contribution in [-0.4, -0.2) is 21.9 Å². The molecule has 0 saturated heterocycles. The lowest BCUT2D eigenvalue weighted by Crippen LogP contribution is -2.02. The maximum Gasteiger partial charge on any atom is 0.217 e. The summed E-state index contributed by atoms with van der Waals surface area (Å²) in [6, 6.07) is 12.2. The number of benzene rings is 2. The third-order valence-corrected chi connectivity index (χ3v) is 4.67. The lowest BCUT2D eigenvalue weighted by Gasteiger charge is -2.14. The molecule has 2 aromatic heterocycles. The Morgan fingerprint density at radius 1 is 1.15 bits per heavy atom. The fourth-order valence-corrected chi connectivity index (χ4v) is 3.27. The SMILES string of the molecule is COc1nc2c(F)ccc([O])c2c(C)c1Cc1ccc(-n2cccn2)cc1. The van der Waals surface area contributed by atoms with Gasteiger partial charge in [-0.15, -0.1) is 0 Å². The molecule has 5 nitrogen and oxygen atoms in total. The largest absolute Gasteiger partial charge is 0.481 e.